The molecule has 0 aliphatic carbocycles. The molecule has 0 saturated carbocycles. The van der Waals surface area contributed by atoms with Gasteiger partial charge in [-0.25, -0.2) is 0 Å². The molecule has 1 saturated heterocycles. The molecule has 0 radical (unpaired) electrons. The number of nitrogens with two attached hydrogens (primary N) is 1. The predicted molar refractivity (Wildman–Crippen MR) is 83.5 cm³/mol. The molecule has 2 rings (SSSR count). The highest BCUT2D eigenvalue weighted by molar-refractivity contribution is 6.30. The summed E-state index contributed by atoms with van der Waals surface area (Å²) in [5.41, 5.74) is 7.62. The first kappa shape index (κ1) is 15.2. The Labute approximate surface area is 126 Å². The largest absolute Gasteiger partial charge is 0.398 e. The van der Waals surface area contributed by atoms with Crippen molar-refractivity contribution in [1.29, 1.82) is 0 Å². The van der Waals surface area contributed by atoms with Crippen LogP contribution in [0.3, 0.4) is 0 Å². The van der Waals surface area contributed by atoms with Crippen molar-refractivity contribution in [2.24, 2.45) is 5.92 Å². The Balaban J connectivity index is 2.04. The van der Waals surface area contributed by atoms with Crippen LogP contribution in [-0.2, 0) is 11.3 Å². The van der Waals surface area contributed by atoms with E-state index >= 15 is 0 Å². The van der Waals surface area contributed by atoms with Gasteiger partial charge in [0.15, 0.2) is 0 Å². The summed E-state index contributed by atoms with van der Waals surface area (Å²) in [6.07, 6.45) is 5.19. The molecule has 0 aromatic heterocycles. The monoisotopic (exact) mass is 294 g/mol. The molecule has 1 amide bonds. The van der Waals surface area contributed by atoms with Gasteiger partial charge in [-0.3, -0.25) is 4.79 Å². The van der Waals surface area contributed by atoms with Gasteiger partial charge in [0.1, 0.15) is 0 Å². The second kappa shape index (κ2) is 6.98. The molecule has 1 aromatic carbocycles. The zero-order valence-electron chi connectivity index (χ0n) is 12.1. The number of hydrogen-bond donors (Lipinski definition) is 1. The van der Waals surface area contributed by atoms with Crippen LogP contribution in [0.25, 0.3) is 0 Å². The van der Waals surface area contributed by atoms with Gasteiger partial charge in [0.05, 0.1) is 0 Å². The maximum atomic E-state index is 12.2. The Hall–Kier alpha value is -1.22. The lowest BCUT2D eigenvalue weighted by atomic mass is 9.96. The number of likely N-dealkylation sites (tertiary alicyclic amines) is 1. The number of anilines is 1. The molecule has 1 aliphatic heterocycles. The molecule has 20 heavy (non-hydrogen) atoms. The van der Waals surface area contributed by atoms with E-state index in [4.69, 9.17) is 17.3 Å². The van der Waals surface area contributed by atoms with E-state index in [1.165, 1.54) is 12.8 Å². The summed E-state index contributed by atoms with van der Waals surface area (Å²) in [5, 5.41) is 0.667. The number of nitrogen functional groups attached to an aromatic ring is 1. The third kappa shape index (κ3) is 3.89. The number of nitrogens with zero attached hydrogens (tertiary/aromatic N) is 1. The van der Waals surface area contributed by atoms with Crippen LogP contribution in [0.1, 0.15) is 44.6 Å². The van der Waals surface area contributed by atoms with Gasteiger partial charge in [-0.05, 0) is 42.5 Å². The fraction of sp³-hybridized carbons (Fsp3) is 0.562. The molecule has 3 nitrogen and oxygen atoms in total. The average Bonchev–Trinajstić information content (AvgIpc) is 2.59. The summed E-state index contributed by atoms with van der Waals surface area (Å²) < 4.78 is 0. The Morgan fingerprint density at radius 1 is 1.40 bits per heavy atom. The molecule has 1 heterocycles. The van der Waals surface area contributed by atoms with Crippen LogP contribution in [0.15, 0.2) is 18.2 Å². The number of carbonyl (C=O) groups excluding carboxylic acids is 1. The quantitative estimate of drug-likeness (QED) is 0.857. The highest BCUT2D eigenvalue weighted by Crippen LogP contribution is 2.25. The average molecular weight is 295 g/mol. The molecule has 1 atom stereocenters. The van der Waals surface area contributed by atoms with Crippen molar-refractivity contribution < 1.29 is 4.79 Å². The first-order chi connectivity index (χ1) is 9.60. The molecular weight excluding hydrogens is 272 g/mol. The van der Waals surface area contributed by atoms with Gasteiger partial charge in [0.2, 0.25) is 5.91 Å². The smallest absolute Gasteiger partial charge is 0.222 e. The van der Waals surface area contributed by atoms with Crippen LogP contribution in [0.5, 0.6) is 0 Å². The lowest BCUT2D eigenvalue weighted by Crippen LogP contribution is -2.30. The van der Waals surface area contributed by atoms with Gasteiger partial charge in [-0.1, -0.05) is 31.4 Å². The summed E-state index contributed by atoms with van der Waals surface area (Å²) >= 11 is 6.01. The van der Waals surface area contributed by atoms with E-state index in [9.17, 15) is 4.79 Å². The van der Waals surface area contributed by atoms with Crippen molar-refractivity contribution in [2.45, 2.75) is 45.6 Å². The topological polar surface area (TPSA) is 46.3 Å². The van der Waals surface area contributed by atoms with Crippen molar-refractivity contribution in [3.8, 4) is 0 Å². The molecule has 0 spiro atoms. The van der Waals surface area contributed by atoms with Gasteiger partial charge in [-0.15, -0.1) is 0 Å². The Bertz CT molecular complexity index is 476. The lowest BCUT2D eigenvalue weighted by molar-refractivity contribution is -0.131. The van der Waals surface area contributed by atoms with Crippen LogP contribution >= 0.6 is 11.6 Å². The molecule has 0 bridgehead atoms. The zero-order valence-corrected chi connectivity index (χ0v) is 12.8. The highest BCUT2D eigenvalue weighted by atomic mass is 35.5. The predicted octanol–water partition coefficient (Wildman–Crippen LogP) is 3.85. The Morgan fingerprint density at radius 3 is 2.95 bits per heavy atom. The summed E-state index contributed by atoms with van der Waals surface area (Å²) in [5.74, 6) is 0.925. The maximum absolute atomic E-state index is 12.2. The second-order valence-electron chi connectivity index (χ2n) is 5.64. The fourth-order valence-corrected chi connectivity index (χ4v) is 3.07. The minimum atomic E-state index is 0.239. The summed E-state index contributed by atoms with van der Waals surface area (Å²) in [7, 11) is 0. The minimum absolute atomic E-state index is 0.239. The third-order valence-corrected chi connectivity index (χ3v) is 4.32. The number of rotatable bonds is 4. The standard InChI is InChI=1S/C16H23ClN2O/c1-2-3-12-4-7-16(20)19(9-8-12)11-13-10-14(17)5-6-15(13)18/h5-6,10,12H,2-4,7-9,11,18H2,1H3. The maximum Gasteiger partial charge on any atom is 0.222 e. The van der Waals surface area contributed by atoms with Crippen LogP contribution in [0.4, 0.5) is 5.69 Å². The third-order valence-electron chi connectivity index (χ3n) is 4.09. The van der Waals surface area contributed by atoms with Crippen molar-refractivity contribution >= 4 is 23.2 Å². The van der Waals surface area contributed by atoms with Gasteiger partial charge in [-0.2, -0.15) is 0 Å². The van der Waals surface area contributed by atoms with E-state index < -0.39 is 0 Å². The molecule has 1 aromatic rings. The van der Waals surface area contributed by atoms with E-state index in [1.807, 2.05) is 11.0 Å². The Kier molecular flexibility index (Phi) is 5.30. The molecule has 2 N–H and O–H groups in total. The fourth-order valence-electron chi connectivity index (χ4n) is 2.87. The number of amides is 1. The molecule has 1 aliphatic rings. The summed E-state index contributed by atoms with van der Waals surface area (Å²) in [6, 6.07) is 5.44. The minimum Gasteiger partial charge on any atom is -0.398 e. The first-order valence-corrected chi connectivity index (χ1v) is 7.79. The van der Waals surface area contributed by atoms with Gasteiger partial charge >= 0.3 is 0 Å². The van der Waals surface area contributed by atoms with Crippen LogP contribution in [0, 0.1) is 5.92 Å². The van der Waals surface area contributed by atoms with Gasteiger partial charge < -0.3 is 10.6 Å². The lowest BCUT2D eigenvalue weighted by Gasteiger charge is -2.22. The molecule has 1 fully saturated rings. The van der Waals surface area contributed by atoms with Crippen molar-refractivity contribution in [1.82, 2.24) is 4.90 Å². The number of hydrogen-bond acceptors (Lipinski definition) is 2. The SMILES string of the molecule is CCCC1CCC(=O)N(Cc2cc(Cl)ccc2N)CC1. The summed E-state index contributed by atoms with van der Waals surface area (Å²) in [4.78, 5) is 14.1. The first-order valence-electron chi connectivity index (χ1n) is 7.41. The molecular formula is C16H23ClN2O. The van der Waals surface area contributed by atoms with Crippen LogP contribution in [-0.4, -0.2) is 17.4 Å². The number of carbonyl (C=O) groups is 1. The van der Waals surface area contributed by atoms with E-state index in [2.05, 4.69) is 6.92 Å². The van der Waals surface area contributed by atoms with E-state index in [0.717, 1.165) is 24.9 Å². The Morgan fingerprint density at radius 2 is 2.20 bits per heavy atom. The van der Waals surface area contributed by atoms with E-state index in [1.54, 1.807) is 12.1 Å². The van der Waals surface area contributed by atoms with Gasteiger partial charge in [0.25, 0.3) is 0 Å². The number of benzene rings is 1. The van der Waals surface area contributed by atoms with E-state index in [-0.39, 0.29) is 5.91 Å². The highest BCUT2D eigenvalue weighted by Gasteiger charge is 2.22. The van der Waals surface area contributed by atoms with Crippen LogP contribution < -0.4 is 5.73 Å². The number of halogens is 1. The molecule has 4 heteroatoms. The van der Waals surface area contributed by atoms with Crippen molar-refractivity contribution in [2.75, 3.05) is 12.3 Å². The van der Waals surface area contributed by atoms with E-state index in [0.29, 0.717) is 29.6 Å². The van der Waals surface area contributed by atoms with Crippen molar-refractivity contribution in [3.05, 3.63) is 28.8 Å². The van der Waals surface area contributed by atoms with Crippen molar-refractivity contribution in [3.63, 3.8) is 0 Å². The molecule has 1 unspecified atom stereocenters. The second-order valence-corrected chi connectivity index (χ2v) is 6.08. The molecule has 110 valence electrons. The van der Waals surface area contributed by atoms with Gasteiger partial charge in [0, 0.05) is 30.2 Å². The normalized spacial score (nSPS) is 20.0. The van der Waals surface area contributed by atoms with Crippen LogP contribution in [0.2, 0.25) is 5.02 Å². The zero-order chi connectivity index (χ0) is 14.5. The summed E-state index contributed by atoms with van der Waals surface area (Å²) in [6.45, 7) is 3.61.